The first-order valence-corrected chi connectivity index (χ1v) is 17.2. The van der Waals surface area contributed by atoms with Crippen LogP contribution in [0.25, 0.3) is 0 Å². The highest BCUT2D eigenvalue weighted by molar-refractivity contribution is 8.00. The van der Waals surface area contributed by atoms with Crippen LogP contribution in [0.2, 0.25) is 0 Å². The number of carbonyl (C=O) groups excluding carboxylic acids is 3. The summed E-state index contributed by atoms with van der Waals surface area (Å²) in [6.45, 7) is 2.21. The number of nitro benzene ring substituents is 1. The molecule has 49 heavy (non-hydrogen) atoms. The van der Waals surface area contributed by atoms with Crippen LogP contribution >= 0.6 is 23.1 Å². The van der Waals surface area contributed by atoms with Crippen LogP contribution < -0.4 is 10.6 Å². The van der Waals surface area contributed by atoms with Crippen LogP contribution in [0, 0.1) is 10.1 Å². The molecular weight excluding hydrogens is 661 g/mol. The van der Waals surface area contributed by atoms with Crippen LogP contribution in [0.5, 0.6) is 0 Å². The molecule has 6 rings (SSSR count). The molecule has 2 N–H and O–H groups in total. The van der Waals surface area contributed by atoms with Crippen LogP contribution in [0.1, 0.15) is 47.5 Å². The van der Waals surface area contributed by atoms with Crippen molar-refractivity contribution in [1.29, 1.82) is 0 Å². The highest BCUT2D eigenvalue weighted by atomic mass is 32.2. The van der Waals surface area contributed by atoms with E-state index >= 15 is 0 Å². The van der Waals surface area contributed by atoms with E-state index in [4.69, 9.17) is 4.74 Å². The zero-order valence-electron chi connectivity index (χ0n) is 26.5. The number of fused-ring (bicyclic) bond motifs is 1. The van der Waals surface area contributed by atoms with Crippen molar-refractivity contribution in [2.45, 2.75) is 29.7 Å². The lowest BCUT2D eigenvalue weighted by atomic mass is 10.0. The number of benzene rings is 4. The SMILES string of the molecule is COC(=O)c1c(NC(=O)C(Sc2cccc(NC(=O)c3cccc([N+](=O)[O-])c3)c2)c2ccccc2)sc2c1CCN(Cc1ccccc1)C2. The van der Waals surface area contributed by atoms with Gasteiger partial charge in [-0.1, -0.05) is 72.8 Å². The number of thiophene rings is 1. The van der Waals surface area contributed by atoms with E-state index in [2.05, 4.69) is 27.7 Å². The Bertz CT molecular complexity index is 2000. The molecule has 0 radical (unpaired) electrons. The molecule has 5 aromatic rings. The fourth-order valence-corrected chi connectivity index (χ4v) is 8.03. The second-order valence-electron chi connectivity index (χ2n) is 11.3. The molecule has 0 saturated heterocycles. The van der Waals surface area contributed by atoms with E-state index in [0.29, 0.717) is 34.1 Å². The minimum atomic E-state index is -0.705. The van der Waals surface area contributed by atoms with Crippen molar-refractivity contribution in [2.24, 2.45) is 0 Å². The Hall–Kier alpha value is -5.30. The molecule has 0 aliphatic carbocycles. The largest absolute Gasteiger partial charge is 0.465 e. The molecule has 12 heteroatoms. The molecule has 248 valence electrons. The summed E-state index contributed by atoms with van der Waals surface area (Å²) < 4.78 is 5.17. The van der Waals surface area contributed by atoms with E-state index in [-0.39, 0.29) is 17.2 Å². The molecule has 1 aromatic heterocycles. The summed E-state index contributed by atoms with van der Waals surface area (Å²) in [7, 11) is 1.34. The van der Waals surface area contributed by atoms with Gasteiger partial charge >= 0.3 is 5.97 Å². The van der Waals surface area contributed by atoms with Crippen LogP contribution in [0.3, 0.4) is 0 Å². The molecule has 2 amide bonds. The van der Waals surface area contributed by atoms with Gasteiger partial charge in [-0.15, -0.1) is 23.1 Å². The summed E-state index contributed by atoms with van der Waals surface area (Å²) in [5, 5.41) is 16.8. The smallest absolute Gasteiger partial charge is 0.341 e. The maximum Gasteiger partial charge on any atom is 0.341 e. The number of amides is 2. The maximum absolute atomic E-state index is 14.1. The topological polar surface area (TPSA) is 131 Å². The molecule has 1 unspecified atom stereocenters. The van der Waals surface area contributed by atoms with Crippen LogP contribution in [0.15, 0.2) is 114 Å². The highest BCUT2D eigenvalue weighted by Crippen LogP contribution is 2.41. The van der Waals surface area contributed by atoms with Gasteiger partial charge in [0.05, 0.1) is 17.6 Å². The zero-order chi connectivity index (χ0) is 34.3. The van der Waals surface area contributed by atoms with Crippen molar-refractivity contribution in [3.8, 4) is 0 Å². The summed E-state index contributed by atoms with van der Waals surface area (Å²) in [5.41, 5.74) is 3.71. The number of nitrogens with one attached hydrogen (secondary N) is 2. The number of nitrogens with zero attached hydrogens (tertiary/aromatic N) is 2. The molecule has 4 aromatic carbocycles. The number of ether oxygens (including phenoxy) is 1. The van der Waals surface area contributed by atoms with Gasteiger partial charge in [0.15, 0.2) is 0 Å². The third kappa shape index (κ3) is 8.06. The third-order valence-corrected chi connectivity index (χ3v) is 10.4. The van der Waals surface area contributed by atoms with E-state index in [0.717, 1.165) is 29.1 Å². The Labute approximate surface area is 291 Å². The number of carbonyl (C=O) groups is 3. The van der Waals surface area contributed by atoms with Crippen LogP contribution in [0.4, 0.5) is 16.4 Å². The van der Waals surface area contributed by atoms with E-state index in [1.807, 2.05) is 54.6 Å². The van der Waals surface area contributed by atoms with Gasteiger partial charge in [0.1, 0.15) is 10.3 Å². The number of anilines is 2. The highest BCUT2D eigenvalue weighted by Gasteiger charge is 2.31. The van der Waals surface area contributed by atoms with Gasteiger partial charge in [0.2, 0.25) is 5.91 Å². The minimum Gasteiger partial charge on any atom is -0.465 e. The number of nitro groups is 1. The van der Waals surface area contributed by atoms with Gasteiger partial charge in [-0.2, -0.15) is 0 Å². The summed E-state index contributed by atoms with van der Waals surface area (Å²) in [5.74, 6) is -1.30. The lowest BCUT2D eigenvalue weighted by Gasteiger charge is -2.27. The predicted octanol–water partition coefficient (Wildman–Crippen LogP) is 7.73. The molecular formula is C37H32N4O6S2. The fraction of sp³-hybridized carbons (Fsp3) is 0.162. The van der Waals surface area contributed by atoms with E-state index in [1.165, 1.54) is 60.0 Å². The standard InChI is InChI=1S/C37H32N4O6S2/c1-47-37(44)32-30-18-19-40(22-24-10-4-2-5-11-24)23-31(30)49-36(32)39-35(43)33(25-12-6-3-7-13-25)48-29-17-9-15-27(21-29)38-34(42)26-14-8-16-28(20-26)41(45)46/h2-17,20-21,33H,18-19,22-23H2,1H3,(H,38,42)(H,39,43). The zero-order valence-corrected chi connectivity index (χ0v) is 28.1. The van der Waals surface area contributed by atoms with Gasteiger partial charge in [-0.3, -0.25) is 24.6 Å². The number of rotatable bonds is 11. The monoisotopic (exact) mass is 692 g/mol. The van der Waals surface area contributed by atoms with E-state index in [9.17, 15) is 24.5 Å². The Balaban J connectivity index is 1.23. The minimum absolute atomic E-state index is 0.150. The van der Waals surface area contributed by atoms with Gasteiger partial charge in [-0.05, 0) is 47.4 Å². The number of non-ortho nitro benzene ring substituents is 1. The normalized spacial score (nSPS) is 13.2. The van der Waals surface area contributed by atoms with Crippen molar-refractivity contribution in [1.82, 2.24) is 4.90 Å². The lowest BCUT2D eigenvalue weighted by Crippen LogP contribution is -2.29. The fourth-order valence-electron chi connectivity index (χ4n) is 5.66. The second-order valence-corrected chi connectivity index (χ2v) is 13.6. The Morgan fingerprint density at radius 1 is 0.939 bits per heavy atom. The van der Waals surface area contributed by atoms with Gasteiger partial charge < -0.3 is 15.4 Å². The summed E-state index contributed by atoms with van der Waals surface area (Å²) in [6.07, 6.45) is 0.657. The van der Waals surface area contributed by atoms with Crippen LogP contribution in [-0.4, -0.2) is 41.3 Å². The van der Waals surface area contributed by atoms with Gasteiger partial charge in [0.25, 0.3) is 11.6 Å². The molecule has 1 aliphatic rings. The molecule has 0 spiro atoms. The molecule has 10 nitrogen and oxygen atoms in total. The summed E-state index contributed by atoms with van der Waals surface area (Å²) >= 11 is 2.70. The molecule has 1 atom stereocenters. The Morgan fingerprint density at radius 2 is 1.67 bits per heavy atom. The maximum atomic E-state index is 14.1. The van der Waals surface area contributed by atoms with Crippen molar-refractivity contribution >= 4 is 57.3 Å². The van der Waals surface area contributed by atoms with Crippen molar-refractivity contribution in [2.75, 3.05) is 24.3 Å². The number of methoxy groups -OCH3 is 1. The first kappa shape index (κ1) is 33.6. The Kier molecular flexibility index (Phi) is 10.5. The molecule has 1 aliphatic heterocycles. The average Bonchev–Trinajstić information content (AvgIpc) is 3.48. The van der Waals surface area contributed by atoms with Crippen molar-refractivity contribution in [3.05, 3.63) is 152 Å². The number of esters is 1. The van der Waals surface area contributed by atoms with E-state index < -0.39 is 22.0 Å². The number of hydrogen-bond donors (Lipinski definition) is 2. The first-order valence-electron chi connectivity index (χ1n) is 15.5. The van der Waals surface area contributed by atoms with E-state index in [1.54, 1.807) is 18.2 Å². The third-order valence-electron chi connectivity index (χ3n) is 8.02. The van der Waals surface area contributed by atoms with Crippen LogP contribution in [-0.2, 0) is 29.0 Å². The number of hydrogen-bond acceptors (Lipinski definition) is 9. The lowest BCUT2D eigenvalue weighted by molar-refractivity contribution is -0.384. The average molecular weight is 693 g/mol. The second kappa shape index (κ2) is 15.3. The molecule has 2 heterocycles. The quantitative estimate of drug-likeness (QED) is 0.0623. The van der Waals surface area contributed by atoms with Gasteiger partial charge in [-0.25, -0.2) is 4.79 Å². The number of thioether (sulfide) groups is 1. The van der Waals surface area contributed by atoms with Crippen molar-refractivity contribution < 1.29 is 24.0 Å². The predicted molar refractivity (Wildman–Crippen MR) is 191 cm³/mol. The van der Waals surface area contributed by atoms with Crippen molar-refractivity contribution in [3.63, 3.8) is 0 Å². The molecule has 0 fully saturated rings. The molecule has 0 bridgehead atoms. The first-order chi connectivity index (χ1) is 23.8. The summed E-state index contributed by atoms with van der Waals surface area (Å²) in [6, 6.07) is 32.1. The van der Waals surface area contributed by atoms with Gasteiger partial charge in [0, 0.05) is 52.8 Å². The summed E-state index contributed by atoms with van der Waals surface area (Å²) in [4.78, 5) is 54.8. The molecule has 0 saturated carbocycles. The Morgan fingerprint density at radius 3 is 2.41 bits per heavy atom.